The van der Waals surface area contributed by atoms with Gasteiger partial charge in [0.15, 0.2) is 0 Å². The summed E-state index contributed by atoms with van der Waals surface area (Å²) in [7, 11) is 0. The molecule has 2 rings (SSSR count). The lowest BCUT2D eigenvalue weighted by Gasteiger charge is -2.35. The molecule has 1 aromatic heterocycles. The monoisotopic (exact) mass is 220 g/mol. The Morgan fingerprint density at radius 3 is 2.69 bits per heavy atom. The van der Waals surface area contributed by atoms with Gasteiger partial charge in [-0.25, -0.2) is 0 Å². The number of hydrogen-bond acceptors (Lipinski definition) is 3. The van der Waals surface area contributed by atoms with Crippen LogP contribution < -0.4 is 0 Å². The quantitative estimate of drug-likeness (QED) is 0.842. The first-order valence-electron chi connectivity index (χ1n) is 5.89. The molecule has 0 amide bonds. The lowest BCUT2D eigenvalue weighted by molar-refractivity contribution is 0.0947. The van der Waals surface area contributed by atoms with E-state index in [0.29, 0.717) is 12.5 Å². The number of likely N-dealkylation sites (tertiary alicyclic amines) is 1. The Kier molecular flexibility index (Phi) is 3.26. The predicted octanol–water partition coefficient (Wildman–Crippen LogP) is 1.67. The lowest BCUT2D eigenvalue weighted by atomic mass is 9.89. The number of aromatic nitrogens is 1. The van der Waals surface area contributed by atoms with Crippen molar-refractivity contribution in [1.29, 1.82) is 0 Å². The molecular formula is C13H20N2O. The van der Waals surface area contributed by atoms with Crippen LogP contribution in [0.25, 0.3) is 0 Å². The van der Waals surface area contributed by atoms with Crippen LogP contribution in [0.5, 0.6) is 0 Å². The largest absolute Gasteiger partial charge is 0.396 e. The minimum atomic E-state index is 0.0953. The molecule has 1 fully saturated rings. The Balaban J connectivity index is 2.07. The molecule has 1 aromatic rings. The third-order valence-electron chi connectivity index (χ3n) is 3.90. The van der Waals surface area contributed by atoms with Crippen LogP contribution in [0.4, 0.5) is 0 Å². The van der Waals surface area contributed by atoms with Gasteiger partial charge in [-0.05, 0) is 44.5 Å². The number of rotatable bonds is 3. The molecule has 2 heterocycles. The van der Waals surface area contributed by atoms with E-state index in [1.54, 1.807) is 0 Å². The Morgan fingerprint density at radius 1 is 1.44 bits per heavy atom. The van der Waals surface area contributed by atoms with Crippen LogP contribution in [-0.4, -0.2) is 33.7 Å². The summed E-state index contributed by atoms with van der Waals surface area (Å²) in [5, 5.41) is 9.35. The fourth-order valence-electron chi connectivity index (χ4n) is 2.52. The Labute approximate surface area is 97.1 Å². The number of hydrogen-bond donors (Lipinski definition) is 1. The van der Waals surface area contributed by atoms with Crippen LogP contribution in [0.3, 0.4) is 0 Å². The van der Waals surface area contributed by atoms with Gasteiger partial charge in [0.25, 0.3) is 0 Å². The molecule has 0 aromatic carbocycles. The van der Waals surface area contributed by atoms with Crippen molar-refractivity contribution in [2.45, 2.75) is 32.4 Å². The van der Waals surface area contributed by atoms with Crippen LogP contribution >= 0.6 is 0 Å². The summed E-state index contributed by atoms with van der Waals surface area (Å²) >= 11 is 0. The Morgan fingerprint density at radius 2 is 2.12 bits per heavy atom. The smallest absolute Gasteiger partial charge is 0.0477 e. The van der Waals surface area contributed by atoms with E-state index in [0.717, 1.165) is 19.5 Å². The fourth-order valence-corrected chi connectivity index (χ4v) is 2.52. The molecule has 3 nitrogen and oxygen atoms in total. The van der Waals surface area contributed by atoms with Crippen LogP contribution in [0.1, 0.15) is 25.8 Å². The molecule has 1 aliphatic heterocycles. The van der Waals surface area contributed by atoms with Gasteiger partial charge < -0.3 is 5.11 Å². The first-order valence-corrected chi connectivity index (χ1v) is 5.89. The maximum absolute atomic E-state index is 9.35. The zero-order chi connectivity index (χ0) is 11.6. The fraction of sp³-hybridized carbons (Fsp3) is 0.615. The maximum atomic E-state index is 9.35. The van der Waals surface area contributed by atoms with Gasteiger partial charge in [-0.3, -0.25) is 9.88 Å². The predicted molar refractivity (Wildman–Crippen MR) is 63.9 cm³/mol. The molecule has 16 heavy (non-hydrogen) atoms. The second-order valence-electron chi connectivity index (χ2n) is 5.10. The van der Waals surface area contributed by atoms with Gasteiger partial charge in [-0.1, -0.05) is 0 Å². The highest BCUT2D eigenvalue weighted by Crippen LogP contribution is 2.35. The molecule has 0 radical (unpaired) electrons. The molecule has 3 heteroatoms. The Bertz CT molecular complexity index is 337. The Hall–Kier alpha value is -0.930. The lowest BCUT2D eigenvalue weighted by Crippen LogP contribution is -2.43. The summed E-state index contributed by atoms with van der Waals surface area (Å²) in [6.45, 7) is 6.76. The zero-order valence-corrected chi connectivity index (χ0v) is 10.1. The molecule has 0 aliphatic carbocycles. The van der Waals surface area contributed by atoms with Crippen molar-refractivity contribution in [3.63, 3.8) is 0 Å². The van der Waals surface area contributed by atoms with Gasteiger partial charge in [0.1, 0.15) is 0 Å². The van der Waals surface area contributed by atoms with E-state index in [-0.39, 0.29) is 5.54 Å². The number of pyridine rings is 1. The van der Waals surface area contributed by atoms with Crippen LogP contribution in [0.15, 0.2) is 24.5 Å². The average molecular weight is 220 g/mol. The van der Waals surface area contributed by atoms with Crippen molar-refractivity contribution < 1.29 is 5.11 Å². The van der Waals surface area contributed by atoms with Crippen LogP contribution in [0.2, 0.25) is 0 Å². The summed E-state index contributed by atoms with van der Waals surface area (Å²) in [4.78, 5) is 6.48. The summed E-state index contributed by atoms with van der Waals surface area (Å²) in [5.74, 6) is 0.398. The molecule has 88 valence electrons. The summed E-state index contributed by atoms with van der Waals surface area (Å²) in [5.41, 5.74) is 1.39. The third kappa shape index (κ3) is 2.11. The van der Waals surface area contributed by atoms with E-state index < -0.39 is 0 Å². The van der Waals surface area contributed by atoms with Crippen LogP contribution in [0, 0.1) is 5.92 Å². The summed E-state index contributed by atoms with van der Waals surface area (Å²) in [6, 6.07) is 4.12. The molecule has 1 atom stereocenters. The van der Waals surface area contributed by atoms with Gasteiger partial charge in [0.05, 0.1) is 0 Å². The highest BCUT2D eigenvalue weighted by atomic mass is 16.3. The van der Waals surface area contributed by atoms with E-state index >= 15 is 0 Å². The van der Waals surface area contributed by atoms with E-state index in [9.17, 15) is 5.11 Å². The van der Waals surface area contributed by atoms with Gasteiger partial charge in [0, 0.05) is 37.0 Å². The van der Waals surface area contributed by atoms with Gasteiger partial charge in [-0.15, -0.1) is 0 Å². The molecule has 0 spiro atoms. The molecule has 1 aliphatic rings. The topological polar surface area (TPSA) is 36.4 Å². The van der Waals surface area contributed by atoms with Crippen molar-refractivity contribution in [2.24, 2.45) is 5.92 Å². The normalized spacial score (nSPS) is 24.8. The maximum Gasteiger partial charge on any atom is 0.0477 e. The SMILES string of the molecule is CC1(C)C(CO)CCN1Cc1ccncc1. The second kappa shape index (κ2) is 4.52. The number of aliphatic hydroxyl groups is 1. The summed E-state index contributed by atoms with van der Waals surface area (Å²) in [6.07, 6.45) is 4.76. The van der Waals surface area contributed by atoms with Crippen LogP contribution in [-0.2, 0) is 6.54 Å². The van der Waals surface area contributed by atoms with E-state index in [4.69, 9.17) is 0 Å². The van der Waals surface area contributed by atoms with Crippen molar-refractivity contribution in [3.05, 3.63) is 30.1 Å². The number of nitrogens with zero attached hydrogens (tertiary/aromatic N) is 2. The summed E-state index contributed by atoms with van der Waals surface area (Å²) < 4.78 is 0. The minimum absolute atomic E-state index is 0.0953. The highest BCUT2D eigenvalue weighted by molar-refractivity contribution is 5.11. The van der Waals surface area contributed by atoms with E-state index in [2.05, 4.69) is 35.9 Å². The molecule has 1 saturated heterocycles. The van der Waals surface area contributed by atoms with Crippen molar-refractivity contribution in [2.75, 3.05) is 13.2 Å². The average Bonchev–Trinajstić information content (AvgIpc) is 2.56. The van der Waals surface area contributed by atoms with Gasteiger partial charge >= 0.3 is 0 Å². The standard InChI is InChI=1S/C13H20N2O/c1-13(2)12(10-16)5-8-15(13)9-11-3-6-14-7-4-11/h3-4,6-7,12,16H,5,8-10H2,1-2H3. The molecule has 0 saturated carbocycles. The number of aliphatic hydroxyl groups excluding tert-OH is 1. The second-order valence-corrected chi connectivity index (χ2v) is 5.10. The van der Waals surface area contributed by atoms with Crippen molar-refractivity contribution >= 4 is 0 Å². The first-order chi connectivity index (χ1) is 7.64. The van der Waals surface area contributed by atoms with Crippen molar-refractivity contribution in [1.82, 2.24) is 9.88 Å². The highest BCUT2D eigenvalue weighted by Gasteiger charge is 2.40. The third-order valence-corrected chi connectivity index (χ3v) is 3.90. The van der Waals surface area contributed by atoms with E-state index in [1.807, 2.05) is 12.4 Å². The van der Waals surface area contributed by atoms with Crippen molar-refractivity contribution in [3.8, 4) is 0 Å². The first kappa shape index (κ1) is 11.6. The van der Waals surface area contributed by atoms with Gasteiger partial charge in [0.2, 0.25) is 0 Å². The molecule has 1 unspecified atom stereocenters. The minimum Gasteiger partial charge on any atom is -0.396 e. The zero-order valence-electron chi connectivity index (χ0n) is 10.1. The molecule has 0 bridgehead atoms. The molecule has 1 N–H and O–H groups in total. The molecular weight excluding hydrogens is 200 g/mol. The van der Waals surface area contributed by atoms with E-state index in [1.165, 1.54) is 5.56 Å². The van der Waals surface area contributed by atoms with Gasteiger partial charge in [-0.2, -0.15) is 0 Å².